The van der Waals surface area contributed by atoms with E-state index in [0.29, 0.717) is 0 Å². The molecular weight excluding hydrogens is 559 g/mol. The number of fused-ring (bicyclic) bond motifs is 3. The van der Waals surface area contributed by atoms with Crippen LogP contribution in [0.2, 0.25) is 0 Å². The molecule has 2 aromatic carbocycles. The maximum Gasteiger partial charge on any atom is 0.155 e. The number of hydrogen-bond acceptors (Lipinski definition) is 4. The molecule has 0 unspecified atom stereocenters. The van der Waals surface area contributed by atoms with Crippen LogP contribution in [0.15, 0.2) is 59.7 Å². The molecule has 4 rings (SSSR count). The molecule has 0 aliphatic heterocycles. The van der Waals surface area contributed by atoms with Crippen molar-refractivity contribution in [2.45, 2.75) is 27.7 Å². The monoisotopic (exact) mass is 581 g/mol. The molecule has 3 nitrogen and oxygen atoms in total. The fourth-order valence-corrected chi connectivity index (χ4v) is 4.10. The molecule has 0 bridgehead atoms. The van der Waals surface area contributed by atoms with Crippen molar-refractivity contribution in [1.29, 1.82) is 0 Å². The van der Waals surface area contributed by atoms with Crippen LogP contribution in [0.3, 0.4) is 0 Å². The molecule has 2 aromatic heterocycles. The van der Waals surface area contributed by atoms with Gasteiger partial charge in [-0.25, -0.2) is 0 Å². The van der Waals surface area contributed by atoms with Gasteiger partial charge in [0, 0.05) is 36.3 Å². The van der Waals surface area contributed by atoms with E-state index in [9.17, 15) is 4.79 Å². The van der Waals surface area contributed by atoms with Gasteiger partial charge in [-0.05, 0) is 36.4 Å². The molecular formula is C24H22IrNO2S-. The SMILES string of the molecule is CC(=O)/C=C(/C)O.Cc1[c-]c(-c2nc3ccccc3c3sccc23)cc(C)c1.[Ir]. The standard InChI is InChI=1S/C19H14NS.C5H8O2.Ir/c1-12-9-13(2)11-14(10-12)18-16-7-8-21-19(16)15-5-3-4-6-17(15)20-18;1-4(6)3-5(2)7;/h3-10H,1-2H3;3,6H,1-2H3;/q-1;;/b;4-3-;. The van der Waals surface area contributed by atoms with Crippen LogP contribution >= 0.6 is 11.3 Å². The van der Waals surface area contributed by atoms with Gasteiger partial charge in [-0.1, -0.05) is 38.1 Å². The van der Waals surface area contributed by atoms with Crippen molar-refractivity contribution < 1.29 is 30.0 Å². The van der Waals surface area contributed by atoms with Crippen LogP contribution in [-0.4, -0.2) is 15.9 Å². The zero-order valence-electron chi connectivity index (χ0n) is 16.7. The van der Waals surface area contributed by atoms with Gasteiger partial charge in [0.2, 0.25) is 0 Å². The van der Waals surface area contributed by atoms with Crippen LogP contribution in [0, 0.1) is 19.9 Å². The van der Waals surface area contributed by atoms with Crippen LogP contribution in [-0.2, 0) is 24.9 Å². The Morgan fingerprint density at radius 2 is 1.83 bits per heavy atom. The molecule has 0 saturated carbocycles. The van der Waals surface area contributed by atoms with Crippen molar-refractivity contribution >= 4 is 38.1 Å². The molecule has 0 atom stereocenters. The Balaban J connectivity index is 0.000000327. The van der Waals surface area contributed by atoms with Crippen molar-refractivity contribution in [2.75, 3.05) is 0 Å². The Kier molecular flexibility index (Phi) is 7.86. The van der Waals surface area contributed by atoms with E-state index in [4.69, 9.17) is 10.1 Å². The topological polar surface area (TPSA) is 50.2 Å². The minimum absolute atomic E-state index is 0. The van der Waals surface area contributed by atoms with Crippen LogP contribution in [0.1, 0.15) is 25.0 Å². The largest absolute Gasteiger partial charge is 0.512 e. The first kappa shape index (κ1) is 23.0. The second kappa shape index (κ2) is 9.93. The molecule has 1 radical (unpaired) electrons. The van der Waals surface area contributed by atoms with Crippen LogP contribution < -0.4 is 0 Å². The summed E-state index contributed by atoms with van der Waals surface area (Å²) in [7, 11) is 0. The third-order valence-corrected chi connectivity index (χ3v) is 5.06. The second-order valence-electron chi connectivity index (χ2n) is 6.79. The summed E-state index contributed by atoms with van der Waals surface area (Å²) in [6, 6.07) is 18.3. The molecule has 4 aromatic rings. The summed E-state index contributed by atoms with van der Waals surface area (Å²) in [4.78, 5) is 14.9. The number of benzene rings is 2. The number of carbonyl (C=O) groups is 1. The number of aryl methyl sites for hydroxylation is 2. The molecule has 0 saturated heterocycles. The van der Waals surface area contributed by atoms with Gasteiger partial charge >= 0.3 is 0 Å². The van der Waals surface area contributed by atoms with Crippen molar-refractivity contribution in [1.82, 2.24) is 4.98 Å². The van der Waals surface area contributed by atoms with Gasteiger partial charge in [0.15, 0.2) is 5.78 Å². The van der Waals surface area contributed by atoms with Gasteiger partial charge in [0.25, 0.3) is 0 Å². The van der Waals surface area contributed by atoms with Crippen LogP contribution in [0.25, 0.3) is 32.2 Å². The Morgan fingerprint density at radius 3 is 2.45 bits per heavy atom. The van der Waals surface area contributed by atoms with E-state index < -0.39 is 0 Å². The average Bonchev–Trinajstić information content (AvgIpc) is 3.09. The fourth-order valence-electron chi connectivity index (χ4n) is 3.17. The zero-order valence-corrected chi connectivity index (χ0v) is 20.0. The number of aliphatic hydroxyl groups excluding tert-OH is 1. The van der Waals surface area contributed by atoms with Crippen molar-refractivity contribution in [3.05, 3.63) is 76.9 Å². The van der Waals surface area contributed by atoms with E-state index in [2.05, 4.69) is 61.7 Å². The van der Waals surface area contributed by atoms with Gasteiger partial charge in [0.1, 0.15) is 0 Å². The number of aliphatic hydroxyl groups is 1. The number of ketones is 1. The van der Waals surface area contributed by atoms with E-state index in [0.717, 1.165) is 22.3 Å². The molecule has 0 aliphatic carbocycles. The first-order chi connectivity index (χ1) is 13.3. The molecule has 29 heavy (non-hydrogen) atoms. The molecule has 1 N–H and O–H groups in total. The van der Waals surface area contributed by atoms with Gasteiger partial charge < -0.3 is 5.11 Å². The number of pyridine rings is 1. The number of rotatable bonds is 2. The average molecular weight is 581 g/mol. The molecule has 0 aliphatic rings. The minimum atomic E-state index is -0.125. The molecule has 151 valence electrons. The molecule has 0 spiro atoms. The number of carbonyl (C=O) groups excluding carboxylic acids is 1. The first-order valence-electron chi connectivity index (χ1n) is 9.00. The van der Waals surface area contributed by atoms with E-state index in [-0.39, 0.29) is 31.6 Å². The Morgan fingerprint density at radius 1 is 1.10 bits per heavy atom. The second-order valence-corrected chi connectivity index (χ2v) is 7.71. The Bertz CT molecular complexity index is 1170. The third kappa shape index (κ3) is 5.60. The zero-order chi connectivity index (χ0) is 20.3. The van der Waals surface area contributed by atoms with Crippen LogP contribution in [0.5, 0.6) is 0 Å². The number of para-hydroxylation sites is 1. The Hall–Kier alpha value is -2.33. The van der Waals surface area contributed by atoms with Gasteiger partial charge in [-0.15, -0.1) is 46.2 Å². The van der Waals surface area contributed by atoms with Crippen molar-refractivity contribution in [2.24, 2.45) is 0 Å². The minimum Gasteiger partial charge on any atom is -0.512 e. The predicted octanol–water partition coefficient (Wildman–Crippen LogP) is 6.57. The number of nitrogens with zero attached hydrogens (tertiary/aromatic N) is 1. The van der Waals surface area contributed by atoms with Gasteiger partial charge in [-0.3, -0.25) is 9.78 Å². The molecule has 0 fully saturated rings. The summed E-state index contributed by atoms with van der Waals surface area (Å²) < 4.78 is 1.31. The number of allylic oxidation sites excluding steroid dienone is 2. The van der Waals surface area contributed by atoms with Gasteiger partial charge in [0.05, 0.1) is 11.3 Å². The smallest absolute Gasteiger partial charge is 0.155 e. The third-order valence-electron chi connectivity index (χ3n) is 4.12. The van der Waals surface area contributed by atoms with Crippen molar-refractivity contribution in [3.8, 4) is 11.3 Å². The van der Waals surface area contributed by atoms with E-state index in [1.54, 1.807) is 11.3 Å². The van der Waals surface area contributed by atoms with Crippen LogP contribution in [0.4, 0.5) is 0 Å². The molecule has 2 heterocycles. The Labute approximate surface area is 188 Å². The molecule has 0 amide bonds. The fraction of sp³-hybridized carbons (Fsp3) is 0.167. The quantitative estimate of drug-likeness (QED) is 0.166. The van der Waals surface area contributed by atoms with E-state index in [1.807, 2.05) is 6.07 Å². The maximum absolute atomic E-state index is 10.0. The maximum atomic E-state index is 10.0. The summed E-state index contributed by atoms with van der Waals surface area (Å²) in [5.74, 6) is -0.0625. The summed E-state index contributed by atoms with van der Waals surface area (Å²) >= 11 is 1.78. The summed E-state index contributed by atoms with van der Waals surface area (Å²) in [6.07, 6.45) is 1.17. The summed E-state index contributed by atoms with van der Waals surface area (Å²) in [5, 5.41) is 13.0. The van der Waals surface area contributed by atoms with Gasteiger partial charge in [-0.2, -0.15) is 0 Å². The van der Waals surface area contributed by atoms with Crippen molar-refractivity contribution in [3.63, 3.8) is 0 Å². The predicted molar refractivity (Wildman–Crippen MR) is 118 cm³/mol. The van der Waals surface area contributed by atoms with E-state index >= 15 is 0 Å². The summed E-state index contributed by atoms with van der Waals surface area (Å²) in [5.41, 5.74) is 5.58. The number of hydrogen-bond donors (Lipinski definition) is 1. The van der Waals surface area contributed by atoms with E-state index in [1.165, 1.54) is 41.0 Å². The number of thiophene rings is 1. The first-order valence-corrected chi connectivity index (χ1v) is 9.88. The molecule has 5 heteroatoms. The number of aromatic nitrogens is 1. The summed E-state index contributed by atoms with van der Waals surface area (Å²) in [6.45, 7) is 7.06. The normalized spacial score (nSPS) is 11.0.